The number of benzene rings is 2. The van der Waals surface area contributed by atoms with Crippen LogP contribution in [0, 0.1) is 0 Å². The lowest BCUT2D eigenvalue weighted by Crippen LogP contribution is -2.31. The highest BCUT2D eigenvalue weighted by atomic mass is 33.1. The highest BCUT2D eigenvalue weighted by Crippen LogP contribution is 2.19. The molecule has 150 valence electrons. The second-order valence-corrected chi connectivity index (χ2v) is 8.25. The first-order chi connectivity index (χ1) is 13.7. The number of nitrogens with one attached hydrogen (secondary N) is 2. The van der Waals surface area contributed by atoms with Crippen LogP contribution in [-0.2, 0) is 9.59 Å². The predicted octanol–water partition coefficient (Wildman–Crippen LogP) is 2.76. The summed E-state index contributed by atoms with van der Waals surface area (Å²) in [6.07, 6.45) is 0. The zero-order valence-electron chi connectivity index (χ0n) is 15.5. The van der Waals surface area contributed by atoms with Crippen LogP contribution >= 0.6 is 21.6 Å². The van der Waals surface area contributed by atoms with Gasteiger partial charge in [0.25, 0.3) is 11.8 Å². The van der Waals surface area contributed by atoms with E-state index < -0.39 is 0 Å². The van der Waals surface area contributed by atoms with Crippen LogP contribution in [0.4, 0.5) is 0 Å². The van der Waals surface area contributed by atoms with Crippen LogP contribution in [0.1, 0.15) is 0 Å². The molecule has 0 saturated carbocycles. The number of para-hydroxylation sites is 2. The van der Waals surface area contributed by atoms with E-state index in [2.05, 4.69) is 10.6 Å². The highest BCUT2D eigenvalue weighted by molar-refractivity contribution is 8.76. The van der Waals surface area contributed by atoms with Crippen molar-refractivity contribution >= 4 is 33.4 Å². The van der Waals surface area contributed by atoms with Crippen LogP contribution in [-0.4, -0.2) is 49.6 Å². The van der Waals surface area contributed by atoms with E-state index in [1.165, 1.54) is 0 Å². The summed E-state index contributed by atoms with van der Waals surface area (Å²) < 4.78 is 10.7. The van der Waals surface area contributed by atoms with Crippen molar-refractivity contribution in [3.8, 4) is 11.5 Å². The van der Waals surface area contributed by atoms with Gasteiger partial charge in [0.15, 0.2) is 13.2 Å². The van der Waals surface area contributed by atoms with Crippen molar-refractivity contribution in [3.05, 3.63) is 60.7 Å². The van der Waals surface area contributed by atoms with Crippen LogP contribution in [0.15, 0.2) is 60.7 Å². The van der Waals surface area contributed by atoms with Crippen molar-refractivity contribution in [2.24, 2.45) is 0 Å². The van der Waals surface area contributed by atoms with Gasteiger partial charge in [0, 0.05) is 24.6 Å². The Labute approximate surface area is 173 Å². The topological polar surface area (TPSA) is 76.7 Å². The minimum atomic E-state index is -0.139. The third kappa shape index (κ3) is 10.1. The van der Waals surface area contributed by atoms with Gasteiger partial charge in [0.1, 0.15) is 11.5 Å². The van der Waals surface area contributed by atoms with E-state index in [0.717, 1.165) is 11.5 Å². The van der Waals surface area contributed by atoms with Crippen LogP contribution in [0.25, 0.3) is 0 Å². The molecule has 28 heavy (non-hydrogen) atoms. The largest absolute Gasteiger partial charge is 0.484 e. The highest BCUT2D eigenvalue weighted by Gasteiger charge is 2.03. The van der Waals surface area contributed by atoms with Gasteiger partial charge in [-0.15, -0.1) is 0 Å². The Bertz CT molecular complexity index is 640. The number of amides is 2. The Kier molecular flexibility index (Phi) is 10.8. The molecule has 0 atom stereocenters. The summed E-state index contributed by atoms with van der Waals surface area (Å²) in [7, 11) is 3.30. The molecule has 0 radical (unpaired) electrons. The SMILES string of the molecule is O=C(COc1ccccc1)NCCSSCCNC(=O)COc1ccccc1. The van der Waals surface area contributed by atoms with Gasteiger partial charge < -0.3 is 20.1 Å². The third-order valence-electron chi connectivity index (χ3n) is 3.32. The molecular formula is C20H24N2O4S2. The smallest absolute Gasteiger partial charge is 0.257 e. The Morgan fingerprint density at radius 2 is 1.07 bits per heavy atom. The van der Waals surface area contributed by atoms with Crippen LogP contribution < -0.4 is 20.1 Å². The van der Waals surface area contributed by atoms with E-state index in [-0.39, 0.29) is 25.0 Å². The van der Waals surface area contributed by atoms with Gasteiger partial charge in [-0.2, -0.15) is 0 Å². The van der Waals surface area contributed by atoms with Crippen molar-refractivity contribution in [3.63, 3.8) is 0 Å². The molecule has 0 spiro atoms. The molecule has 0 bridgehead atoms. The van der Waals surface area contributed by atoms with Gasteiger partial charge in [-0.25, -0.2) is 0 Å². The van der Waals surface area contributed by atoms with Gasteiger partial charge in [-0.3, -0.25) is 9.59 Å². The molecule has 0 heterocycles. The van der Waals surface area contributed by atoms with Gasteiger partial charge in [-0.1, -0.05) is 58.0 Å². The fourth-order valence-electron chi connectivity index (χ4n) is 2.02. The molecule has 2 aromatic carbocycles. The number of hydrogen-bond donors (Lipinski definition) is 2. The maximum Gasteiger partial charge on any atom is 0.257 e. The van der Waals surface area contributed by atoms with Gasteiger partial charge in [0.05, 0.1) is 0 Å². The zero-order valence-corrected chi connectivity index (χ0v) is 17.1. The molecule has 2 amide bonds. The second-order valence-electron chi connectivity index (χ2n) is 5.55. The van der Waals surface area contributed by atoms with Crippen LogP contribution in [0.5, 0.6) is 11.5 Å². The standard InChI is InChI=1S/C20H24N2O4S2/c23-19(15-25-17-7-3-1-4-8-17)21-11-13-27-28-14-12-22-20(24)16-26-18-9-5-2-6-10-18/h1-10H,11-16H2,(H,21,23)(H,22,24). The summed E-state index contributed by atoms with van der Waals surface area (Å²) in [6, 6.07) is 18.5. The molecule has 0 aliphatic heterocycles. The summed E-state index contributed by atoms with van der Waals surface area (Å²) in [5.74, 6) is 2.65. The summed E-state index contributed by atoms with van der Waals surface area (Å²) in [5, 5.41) is 5.62. The van der Waals surface area contributed by atoms with Crippen molar-refractivity contribution in [2.45, 2.75) is 0 Å². The lowest BCUT2D eigenvalue weighted by atomic mass is 10.3. The van der Waals surface area contributed by atoms with Crippen LogP contribution in [0.2, 0.25) is 0 Å². The first-order valence-corrected chi connectivity index (χ1v) is 11.4. The Balaban J connectivity index is 1.39. The fourth-order valence-corrected chi connectivity index (χ4v) is 3.83. The number of ether oxygens (including phenoxy) is 2. The maximum absolute atomic E-state index is 11.7. The molecule has 0 aliphatic carbocycles. The molecule has 2 N–H and O–H groups in total. The molecule has 6 nitrogen and oxygen atoms in total. The number of hydrogen-bond acceptors (Lipinski definition) is 6. The number of rotatable bonds is 13. The number of carbonyl (C=O) groups is 2. The lowest BCUT2D eigenvalue weighted by Gasteiger charge is -2.08. The normalized spacial score (nSPS) is 10.1. The van der Waals surface area contributed by atoms with E-state index in [4.69, 9.17) is 9.47 Å². The first kappa shape index (κ1) is 22.0. The van der Waals surface area contributed by atoms with E-state index >= 15 is 0 Å². The Morgan fingerprint density at radius 3 is 1.46 bits per heavy atom. The molecule has 2 aromatic rings. The molecular weight excluding hydrogens is 396 g/mol. The first-order valence-electron chi connectivity index (χ1n) is 8.87. The second kappa shape index (κ2) is 13.8. The molecule has 8 heteroatoms. The summed E-state index contributed by atoms with van der Waals surface area (Å²) in [5.41, 5.74) is 0. The van der Waals surface area contributed by atoms with Gasteiger partial charge in [0.2, 0.25) is 0 Å². The Morgan fingerprint density at radius 1 is 0.679 bits per heavy atom. The minimum absolute atomic E-state index is 0.0128. The van der Waals surface area contributed by atoms with E-state index in [1.54, 1.807) is 21.6 Å². The maximum atomic E-state index is 11.7. The molecule has 0 fully saturated rings. The summed E-state index contributed by atoms with van der Waals surface area (Å²) >= 11 is 0. The predicted molar refractivity (Wildman–Crippen MR) is 115 cm³/mol. The average molecular weight is 421 g/mol. The van der Waals surface area contributed by atoms with Crippen molar-refractivity contribution in [1.29, 1.82) is 0 Å². The average Bonchev–Trinajstić information content (AvgIpc) is 2.74. The summed E-state index contributed by atoms with van der Waals surface area (Å²) in [6.45, 7) is 1.18. The van der Waals surface area contributed by atoms with E-state index in [9.17, 15) is 9.59 Å². The van der Waals surface area contributed by atoms with Crippen molar-refractivity contribution < 1.29 is 19.1 Å². The monoisotopic (exact) mass is 420 g/mol. The minimum Gasteiger partial charge on any atom is -0.484 e. The zero-order chi connectivity index (χ0) is 19.9. The molecule has 0 aliphatic rings. The molecule has 0 saturated heterocycles. The quantitative estimate of drug-likeness (QED) is 0.383. The summed E-state index contributed by atoms with van der Waals surface area (Å²) in [4.78, 5) is 23.4. The molecule has 0 unspecified atom stereocenters. The van der Waals surface area contributed by atoms with Crippen LogP contribution in [0.3, 0.4) is 0 Å². The van der Waals surface area contributed by atoms with Crippen molar-refractivity contribution in [2.75, 3.05) is 37.8 Å². The fraction of sp³-hybridized carbons (Fsp3) is 0.300. The molecule has 0 aromatic heterocycles. The number of carbonyl (C=O) groups excluding carboxylic acids is 2. The van der Waals surface area contributed by atoms with Gasteiger partial charge >= 0.3 is 0 Å². The van der Waals surface area contributed by atoms with Crippen molar-refractivity contribution in [1.82, 2.24) is 10.6 Å². The van der Waals surface area contributed by atoms with E-state index in [0.29, 0.717) is 24.6 Å². The molecule has 2 rings (SSSR count). The Hall–Kier alpha value is -2.32. The third-order valence-corrected chi connectivity index (χ3v) is 5.73. The van der Waals surface area contributed by atoms with E-state index in [1.807, 2.05) is 60.7 Å². The lowest BCUT2D eigenvalue weighted by molar-refractivity contribution is -0.123. The van der Waals surface area contributed by atoms with Gasteiger partial charge in [-0.05, 0) is 24.3 Å².